The molecule has 0 unspecified atom stereocenters. The van der Waals surface area contributed by atoms with Gasteiger partial charge in [0.15, 0.2) is 5.16 Å². The van der Waals surface area contributed by atoms with Gasteiger partial charge in [0.05, 0.1) is 26.9 Å². The van der Waals surface area contributed by atoms with E-state index in [1.54, 1.807) is 23.5 Å². The predicted octanol–water partition coefficient (Wildman–Crippen LogP) is 5.55. The van der Waals surface area contributed by atoms with Crippen LogP contribution in [0.4, 0.5) is 5.69 Å². The van der Waals surface area contributed by atoms with Crippen LogP contribution < -0.4 is 10.9 Å². The minimum atomic E-state index is -0.168. The largest absolute Gasteiger partial charge is 0.325 e. The van der Waals surface area contributed by atoms with Crippen molar-refractivity contribution in [3.63, 3.8) is 0 Å². The summed E-state index contributed by atoms with van der Waals surface area (Å²) in [5.74, 6) is 0.380. The average Bonchev–Trinajstić information content (AvgIpc) is 3.54. The van der Waals surface area contributed by atoms with Crippen LogP contribution in [0.1, 0.15) is 5.56 Å². The first-order valence-electron chi connectivity index (χ1n) is 11.9. The summed E-state index contributed by atoms with van der Waals surface area (Å²) in [4.78, 5) is 30.4. The number of hydrogen-bond donors (Lipinski definition) is 1. The molecule has 1 amide bonds. The Balaban J connectivity index is 1.19. The molecule has 0 spiro atoms. The lowest BCUT2D eigenvalue weighted by Crippen LogP contribution is -2.22. The minimum absolute atomic E-state index is 0.134. The van der Waals surface area contributed by atoms with E-state index in [2.05, 4.69) is 41.1 Å². The zero-order valence-corrected chi connectivity index (χ0v) is 22.1. The van der Waals surface area contributed by atoms with Crippen LogP contribution >= 0.6 is 23.1 Å². The quantitative estimate of drug-likeness (QED) is 0.212. The topological polar surface area (TPSA) is 94.2 Å². The third-order valence-corrected chi connectivity index (χ3v) is 8.08. The first-order chi connectivity index (χ1) is 18.5. The van der Waals surface area contributed by atoms with Crippen LogP contribution in [0, 0.1) is 6.92 Å². The minimum Gasteiger partial charge on any atom is -0.325 e. The molecule has 0 aliphatic heterocycles. The fourth-order valence-electron chi connectivity index (χ4n) is 4.30. The van der Waals surface area contributed by atoms with Crippen molar-refractivity contribution in [2.75, 3.05) is 11.1 Å². The highest BCUT2D eigenvalue weighted by molar-refractivity contribution is 7.99. The number of aromatic nitrogens is 5. The highest BCUT2D eigenvalue weighted by Gasteiger charge is 2.17. The van der Waals surface area contributed by atoms with Gasteiger partial charge in [0, 0.05) is 17.8 Å². The number of hydrogen-bond acceptors (Lipinski definition) is 7. The average molecular weight is 539 g/mol. The molecule has 0 aliphatic carbocycles. The lowest BCUT2D eigenvalue weighted by atomic mass is 10.2. The number of carbonyl (C=O) groups excluding carboxylic acids is 1. The van der Waals surface area contributed by atoms with Gasteiger partial charge in [-0.2, -0.15) is 0 Å². The van der Waals surface area contributed by atoms with E-state index in [0.717, 1.165) is 20.8 Å². The molecule has 6 rings (SSSR count). The van der Waals surface area contributed by atoms with Gasteiger partial charge < -0.3 is 5.32 Å². The lowest BCUT2D eigenvalue weighted by molar-refractivity contribution is -0.113. The van der Waals surface area contributed by atoms with Gasteiger partial charge in [-0.15, -0.1) is 28.1 Å². The highest BCUT2D eigenvalue weighted by Crippen LogP contribution is 2.31. The van der Waals surface area contributed by atoms with Crippen LogP contribution in [-0.4, -0.2) is 35.8 Å². The highest BCUT2D eigenvalue weighted by atomic mass is 32.2. The summed E-state index contributed by atoms with van der Waals surface area (Å²) in [5.41, 5.74) is 4.44. The smallest absolute Gasteiger partial charge is 0.263 e. The molecule has 3 aromatic heterocycles. The SMILES string of the molecule is C=CCn1c(=O)c2ccccc2n2c(SCC(=O)Nc3ccc(-c4nc5ccc(C)cc5s4)cc3)nnc12. The molecule has 0 saturated carbocycles. The number of nitrogens with zero attached hydrogens (tertiary/aromatic N) is 5. The first-order valence-corrected chi connectivity index (χ1v) is 13.7. The van der Waals surface area contributed by atoms with Crippen LogP contribution in [0.5, 0.6) is 0 Å². The van der Waals surface area contributed by atoms with Gasteiger partial charge in [-0.05, 0) is 61.0 Å². The number of thiazole rings is 1. The third kappa shape index (κ3) is 4.37. The zero-order chi connectivity index (χ0) is 26.2. The summed E-state index contributed by atoms with van der Waals surface area (Å²) in [7, 11) is 0. The maximum atomic E-state index is 12.9. The number of fused-ring (bicyclic) bond motifs is 4. The molecule has 0 saturated heterocycles. The maximum absolute atomic E-state index is 12.9. The summed E-state index contributed by atoms with van der Waals surface area (Å²) in [6, 6.07) is 21.2. The Morgan fingerprint density at radius 1 is 1.11 bits per heavy atom. The molecule has 8 nitrogen and oxygen atoms in total. The number of rotatable bonds is 7. The van der Waals surface area contributed by atoms with Crippen LogP contribution in [0.3, 0.4) is 0 Å². The third-order valence-electron chi connectivity index (χ3n) is 6.08. The zero-order valence-electron chi connectivity index (χ0n) is 20.4. The molecule has 0 atom stereocenters. The normalized spacial score (nSPS) is 11.4. The summed E-state index contributed by atoms with van der Waals surface area (Å²) >= 11 is 2.92. The number of para-hydroxylation sites is 1. The Hall–Kier alpha value is -4.28. The van der Waals surface area contributed by atoms with Crippen LogP contribution in [0.15, 0.2) is 89.3 Å². The van der Waals surface area contributed by atoms with Crippen molar-refractivity contribution in [3.05, 3.63) is 95.3 Å². The number of carbonyl (C=O) groups is 1. The molecule has 188 valence electrons. The molecule has 10 heteroatoms. The van der Waals surface area contributed by atoms with Crippen LogP contribution in [-0.2, 0) is 11.3 Å². The number of benzene rings is 3. The van der Waals surface area contributed by atoms with Crippen molar-refractivity contribution in [1.29, 1.82) is 0 Å². The summed E-state index contributed by atoms with van der Waals surface area (Å²) < 4.78 is 4.50. The van der Waals surface area contributed by atoms with E-state index in [9.17, 15) is 9.59 Å². The van der Waals surface area contributed by atoms with E-state index in [-0.39, 0.29) is 17.2 Å². The van der Waals surface area contributed by atoms with Crippen molar-refractivity contribution < 1.29 is 4.79 Å². The molecule has 38 heavy (non-hydrogen) atoms. The number of aryl methyl sites for hydroxylation is 1. The molecule has 6 aromatic rings. The lowest BCUT2D eigenvalue weighted by Gasteiger charge is -2.09. The van der Waals surface area contributed by atoms with Gasteiger partial charge in [-0.25, -0.2) is 4.98 Å². The Morgan fingerprint density at radius 3 is 2.74 bits per heavy atom. The van der Waals surface area contributed by atoms with Crippen molar-refractivity contribution in [2.24, 2.45) is 0 Å². The Bertz CT molecular complexity index is 1900. The Labute approximate surface area is 225 Å². The second kappa shape index (κ2) is 9.88. The fourth-order valence-corrected chi connectivity index (χ4v) is 6.11. The van der Waals surface area contributed by atoms with Gasteiger partial charge in [0.2, 0.25) is 11.7 Å². The van der Waals surface area contributed by atoms with Gasteiger partial charge in [0.1, 0.15) is 5.01 Å². The second-order valence-electron chi connectivity index (χ2n) is 8.74. The van der Waals surface area contributed by atoms with Crippen LogP contribution in [0.2, 0.25) is 0 Å². The predicted molar refractivity (Wildman–Crippen MR) is 154 cm³/mol. The van der Waals surface area contributed by atoms with E-state index < -0.39 is 0 Å². The number of nitrogens with one attached hydrogen (secondary N) is 1. The molecule has 0 bridgehead atoms. The molecule has 3 heterocycles. The Morgan fingerprint density at radius 2 is 1.92 bits per heavy atom. The Kier molecular flexibility index (Phi) is 6.26. The standard InChI is InChI=1S/C28H22N6O2S2/c1-3-14-33-26(36)20-6-4-5-7-22(20)34-27(33)31-32-28(34)37-16-24(35)29-19-11-9-18(10-12-19)25-30-21-13-8-17(2)15-23(21)38-25/h3-13,15H,1,14,16H2,2H3,(H,29,35). The van der Waals surface area contributed by atoms with E-state index in [0.29, 0.717) is 34.1 Å². The summed E-state index contributed by atoms with van der Waals surface area (Å²) in [6.45, 7) is 6.13. The molecule has 0 fully saturated rings. The van der Waals surface area contributed by atoms with E-state index in [4.69, 9.17) is 4.98 Å². The molecule has 3 aromatic carbocycles. The van der Waals surface area contributed by atoms with Crippen molar-refractivity contribution >= 4 is 61.6 Å². The molecule has 0 aliphatic rings. The van der Waals surface area contributed by atoms with E-state index >= 15 is 0 Å². The molecular formula is C28H22N6O2S2. The van der Waals surface area contributed by atoms with Crippen molar-refractivity contribution in [1.82, 2.24) is 24.1 Å². The summed E-state index contributed by atoms with van der Waals surface area (Å²) in [6.07, 6.45) is 1.65. The first kappa shape index (κ1) is 24.1. The monoisotopic (exact) mass is 538 g/mol. The number of thioether (sulfide) groups is 1. The number of amides is 1. The van der Waals surface area contributed by atoms with Crippen molar-refractivity contribution in [3.8, 4) is 10.6 Å². The molecular weight excluding hydrogens is 516 g/mol. The fraction of sp³-hybridized carbons (Fsp3) is 0.107. The maximum Gasteiger partial charge on any atom is 0.263 e. The van der Waals surface area contributed by atoms with Gasteiger partial charge in [-0.1, -0.05) is 36.0 Å². The van der Waals surface area contributed by atoms with Crippen molar-refractivity contribution in [2.45, 2.75) is 18.6 Å². The van der Waals surface area contributed by atoms with Gasteiger partial charge in [-0.3, -0.25) is 18.6 Å². The molecule has 1 N–H and O–H groups in total. The summed E-state index contributed by atoms with van der Waals surface area (Å²) in [5, 5.41) is 13.5. The van der Waals surface area contributed by atoms with Crippen LogP contribution in [0.25, 0.3) is 37.5 Å². The van der Waals surface area contributed by atoms with Gasteiger partial charge >= 0.3 is 0 Å². The van der Waals surface area contributed by atoms with E-state index in [1.165, 1.54) is 21.9 Å². The number of anilines is 1. The van der Waals surface area contributed by atoms with E-state index in [1.807, 2.05) is 52.9 Å². The number of allylic oxidation sites excluding steroid dienone is 1. The van der Waals surface area contributed by atoms with Gasteiger partial charge in [0.25, 0.3) is 5.56 Å². The molecule has 0 radical (unpaired) electrons. The second-order valence-corrected chi connectivity index (χ2v) is 10.7.